The van der Waals surface area contributed by atoms with Crippen molar-refractivity contribution >= 4 is 18.0 Å². The Labute approximate surface area is 98.7 Å². The van der Waals surface area contributed by atoms with E-state index in [1.807, 2.05) is 37.3 Å². The number of hydrogen-bond acceptors (Lipinski definition) is 2. The summed E-state index contributed by atoms with van der Waals surface area (Å²) in [5, 5.41) is 3.10. The molecule has 1 aromatic carbocycles. The highest BCUT2D eigenvalue weighted by Gasteiger charge is 2.12. The average Bonchev–Trinajstić information content (AvgIpc) is 2.55. The van der Waals surface area contributed by atoms with Crippen molar-refractivity contribution in [2.75, 3.05) is 0 Å². The van der Waals surface area contributed by atoms with E-state index in [2.05, 4.69) is 5.10 Å². The van der Waals surface area contributed by atoms with E-state index in [0.29, 0.717) is 10.2 Å². The van der Waals surface area contributed by atoms with Gasteiger partial charge < -0.3 is 0 Å². The van der Waals surface area contributed by atoms with Gasteiger partial charge >= 0.3 is 0 Å². The Bertz CT molecular complexity index is 581. The zero-order chi connectivity index (χ0) is 11.7. The second-order valence-corrected chi connectivity index (χ2v) is 4.03. The van der Waals surface area contributed by atoms with E-state index in [4.69, 9.17) is 12.2 Å². The minimum atomic E-state index is -0.00608. The maximum atomic E-state index is 11.4. The van der Waals surface area contributed by atoms with Gasteiger partial charge in [-0.2, -0.15) is 0 Å². The summed E-state index contributed by atoms with van der Waals surface area (Å²) in [5.74, 6) is -0.00608. The molecule has 0 aliphatic carbocycles. The number of hydrogen-bond donors (Lipinski definition) is 1. The number of aromatic amines is 1. The third kappa shape index (κ3) is 1.72. The lowest BCUT2D eigenvalue weighted by molar-refractivity contribution is 0.101. The van der Waals surface area contributed by atoms with Gasteiger partial charge in [0.1, 0.15) is 4.64 Å². The van der Waals surface area contributed by atoms with Crippen LogP contribution in [0.15, 0.2) is 30.3 Å². The number of ketones is 1. The molecule has 4 heteroatoms. The minimum absolute atomic E-state index is 0.00608. The second-order valence-electron chi connectivity index (χ2n) is 3.64. The molecule has 2 aromatic rings. The molecule has 0 spiro atoms. The summed E-state index contributed by atoms with van der Waals surface area (Å²) in [6, 6.07) is 9.68. The molecule has 1 heterocycles. The zero-order valence-corrected chi connectivity index (χ0v) is 9.97. The van der Waals surface area contributed by atoms with Crippen molar-refractivity contribution in [3.63, 3.8) is 0 Å². The van der Waals surface area contributed by atoms with Crippen LogP contribution in [0, 0.1) is 11.6 Å². The van der Waals surface area contributed by atoms with Gasteiger partial charge in [-0.1, -0.05) is 30.4 Å². The zero-order valence-electron chi connectivity index (χ0n) is 9.15. The highest BCUT2D eigenvalue weighted by molar-refractivity contribution is 7.71. The highest BCUT2D eigenvalue weighted by atomic mass is 32.1. The number of nitrogens with one attached hydrogen (secondary N) is 1. The number of carbonyl (C=O) groups excluding carboxylic acids is 1. The molecule has 1 aromatic heterocycles. The first-order valence-corrected chi connectivity index (χ1v) is 5.40. The maximum absolute atomic E-state index is 11.4. The molecule has 0 unspecified atom stereocenters. The van der Waals surface area contributed by atoms with E-state index in [1.165, 1.54) is 6.92 Å². The van der Waals surface area contributed by atoms with Gasteiger partial charge in [0.2, 0.25) is 0 Å². The Morgan fingerprint density at radius 2 is 1.94 bits per heavy atom. The van der Waals surface area contributed by atoms with Crippen molar-refractivity contribution < 1.29 is 4.79 Å². The molecule has 0 radical (unpaired) electrons. The van der Waals surface area contributed by atoms with Crippen molar-refractivity contribution in [1.82, 2.24) is 9.78 Å². The molecule has 0 bridgehead atoms. The van der Waals surface area contributed by atoms with Crippen molar-refractivity contribution in [3.05, 3.63) is 46.2 Å². The molecular formula is C12H12N2OS. The highest BCUT2D eigenvalue weighted by Crippen LogP contribution is 2.14. The number of carbonyl (C=O) groups is 1. The van der Waals surface area contributed by atoms with Crippen LogP contribution >= 0.6 is 12.2 Å². The van der Waals surface area contributed by atoms with Crippen LogP contribution in [0.4, 0.5) is 0 Å². The molecule has 0 saturated carbocycles. The molecule has 1 N–H and O–H groups in total. The lowest BCUT2D eigenvalue weighted by Gasteiger charge is -2.01. The van der Waals surface area contributed by atoms with Crippen LogP contribution in [0.25, 0.3) is 5.69 Å². The largest absolute Gasteiger partial charge is 0.297 e. The lowest BCUT2D eigenvalue weighted by Crippen LogP contribution is -1.96. The van der Waals surface area contributed by atoms with Crippen LogP contribution in [0.1, 0.15) is 23.0 Å². The first-order chi connectivity index (χ1) is 7.61. The van der Waals surface area contributed by atoms with Gasteiger partial charge in [0.15, 0.2) is 5.78 Å². The van der Waals surface area contributed by atoms with Gasteiger partial charge in [-0.25, -0.2) is 4.68 Å². The van der Waals surface area contributed by atoms with Crippen LogP contribution in [-0.2, 0) is 0 Å². The van der Waals surface area contributed by atoms with E-state index >= 15 is 0 Å². The van der Waals surface area contributed by atoms with Gasteiger partial charge in [0.05, 0.1) is 11.3 Å². The predicted octanol–water partition coefficient (Wildman–Crippen LogP) is 3.05. The minimum Gasteiger partial charge on any atom is -0.297 e. The van der Waals surface area contributed by atoms with Crippen molar-refractivity contribution in [1.29, 1.82) is 0 Å². The van der Waals surface area contributed by atoms with Crippen molar-refractivity contribution in [2.45, 2.75) is 13.8 Å². The van der Waals surface area contributed by atoms with Crippen LogP contribution in [0.3, 0.4) is 0 Å². The third-order valence-corrected chi connectivity index (χ3v) is 2.82. The molecule has 16 heavy (non-hydrogen) atoms. The first kappa shape index (κ1) is 10.8. The van der Waals surface area contributed by atoms with Crippen molar-refractivity contribution in [2.24, 2.45) is 0 Å². The van der Waals surface area contributed by atoms with Crippen LogP contribution in [-0.4, -0.2) is 15.6 Å². The molecule has 0 saturated heterocycles. The molecule has 82 valence electrons. The van der Waals surface area contributed by atoms with Crippen LogP contribution in [0.2, 0.25) is 0 Å². The van der Waals surface area contributed by atoms with E-state index < -0.39 is 0 Å². The van der Waals surface area contributed by atoms with Crippen LogP contribution in [0.5, 0.6) is 0 Å². The number of rotatable bonds is 2. The van der Waals surface area contributed by atoms with Crippen LogP contribution < -0.4 is 0 Å². The molecular weight excluding hydrogens is 220 g/mol. The maximum Gasteiger partial charge on any atom is 0.164 e. The van der Waals surface area contributed by atoms with E-state index in [-0.39, 0.29) is 5.78 Å². The Morgan fingerprint density at radius 3 is 2.44 bits per heavy atom. The Hall–Kier alpha value is -1.68. The SMILES string of the molecule is CC(=O)c1c(C)[nH]n(-c2ccccc2)c1=S. The predicted molar refractivity (Wildman–Crippen MR) is 65.7 cm³/mol. The number of aryl methyl sites for hydroxylation is 1. The molecule has 0 aliphatic rings. The van der Waals surface area contributed by atoms with Gasteiger partial charge in [-0.3, -0.25) is 9.89 Å². The summed E-state index contributed by atoms with van der Waals surface area (Å²) in [6.45, 7) is 3.38. The summed E-state index contributed by atoms with van der Waals surface area (Å²) in [6.07, 6.45) is 0. The normalized spacial score (nSPS) is 10.4. The fraction of sp³-hybridized carbons (Fsp3) is 0.167. The fourth-order valence-electron chi connectivity index (χ4n) is 1.72. The smallest absolute Gasteiger partial charge is 0.164 e. The summed E-state index contributed by atoms with van der Waals surface area (Å²) < 4.78 is 2.29. The fourth-order valence-corrected chi connectivity index (χ4v) is 2.17. The number of H-pyrrole nitrogens is 1. The number of Topliss-reactive ketones (excluding diaryl/α,β-unsaturated/α-hetero) is 1. The summed E-state index contributed by atoms with van der Waals surface area (Å²) >= 11 is 5.28. The molecule has 0 aliphatic heterocycles. The molecule has 0 amide bonds. The van der Waals surface area contributed by atoms with Gasteiger partial charge in [-0.15, -0.1) is 0 Å². The van der Waals surface area contributed by atoms with Crippen molar-refractivity contribution in [3.8, 4) is 5.69 Å². The van der Waals surface area contributed by atoms with E-state index in [9.17, 15) is 4.79 Å². The quantitative estimate of drug-likeness (QED) is 0.638. The van der Waals surface area contributed by atoms with Gasteiger partial charge in [0.25, 0.3) is 0 Å². The number of benzene rings is 1. The second kappa shape index (κ2) is 4.06. The molecule has 3 nitrogen and oxygen atoms in total. The molecule has 2 rings (SSSR count). The number of para-hydroxylation sites is 1. The molecule has 0 atom stereocenters. The summed E-state index contributed by atoms with van der Waals surface area (Å²) in [4.78, 5) is 11.4. The number of nitrogens with zero attached hydrogens (tertiary/aromatic N) is 1. The van der Waals surface area contributed by atoms with E-state index in [1.54, 1.807) is 4.68 Å². The Balaban J connectivity index is 2.66. The molecule has 0 fully saturated rings. The summed E-state index contributed by atoms with van der Waals surface area (Å²) in [5.41, 5.74) is 2.34. The Kier molecular flexibility index (Phi) is 2.75. The summed E-state index contributed by atoms with van der Waals surface area (Å²) in [7, 11) is 0. The average molecular weight is 232 g/mol. The van der Waals surface area contributed by atoms with Gasteiger partial charge in [-0.05, 0) is 26.0 Å². The first-order valence-electron chi connectivity index (χ1n) is 4.99. The topological polar surface area (TPSA) is 37.8 Å². The number of aromatic nitrogens is 2. The van der Waals surface area contributed by atoms with E-state index in [0.717, 1.165) is 11.4 Å². The van der Waals surface area contributed by atoms with Gasteiger partial charge in [0, 0.05) is 5.69 Å². The monoisotopic (exact) mass is 232 g/mol. The lowest BCUT2D eigenvalue weighted by atomic mass is 10.2. The Morgan fingerprint density at radius 1 is 1.31 bits per heavy atom. The third-order valence-electron chi connectivity index (χ3n) is 2.44. The standard InChI is InChI=1S/C12H12N2OS/c1-8-11(9(2)15)12(16)14(13-8)10-6-4-3-5-7-10/h3-7,13H,1-2H3.